The summed E-state index contributed by atoms with van der Waals surface area (Å²) in [6.07, 6.45) is 7.35. The van der Waals surface area contributed by atoms with Crippen molar-refractivity contribution in [3.8, 4) is 0 Å². The molecule has 23 heavy (non-hydrogen) atoms. The van der Waals surface area contributed by atoms with E-state index in [1.165, 1.54) is 0 Å². The molecule has 0 aromatic heterocycles. The second kappa shape index (κ2) is 9.44. The summed E-state index contributed by atoms with van der Waals surface area (Å²) >= 11 is 0. The third-order valence-electron chi connectivity index (χ3n) is 4.55. The van der Waals surface area contributed by atoms with Crippen molar-refractivity contribution >= 4 is 11.6 Å². The molecule has 0 aromatic carbocycles. The molecule has 2 aliphatic carbocycles. The van der Waals surface area contributed by atoms with Crippen molar-refractivity contribution in [3.63, 3.8) is 0 Å². The maximum Gasteiger partial charge on any atom is 0.158 e. The molecule has 2 rings (SSSR count). The molecular weight excluding hydrogens is 284 g/mol. The minimum atomic E-state index is 0. The van der Waals surface area contributed by atoms with Crippen molar-refractivity contribution in [2.75, 3.05) is 0 Å². The molecule has 0 amide bonds. The maximum absolute atomic E-state index is 11.2. The Balaban J connectivity index is 0.000000403. The Morgan fingerprint density at radius 3 is 1.39 bits per heavy atom. The average Bonchev–Trinajstić information content (AvgIpc) is 2.45. The number of rotatable bonds is 2. The minimum Gasteiger partial charge on any atom is -0.295 e. The van der Waals surface area contributed by atoms with Crippen molar-refractivity contribution in [1.29, 1.82) is 0 Å². The molecule has 0 unspecified atom stereocenters. The Morgan fingerprint density at radius 2 is 1.17 bits per heavy atom. The molecule has 2 heteroatoms. The highest BCUT2D eigenvalue weighted by molar-refractivity contribution is 5.96. The van der Waals surface area contributed by atoms with Crippen molar-refractivity contribution in [3.05, 3.63) is 47.6 Å². The Labute approximate surface area is 142 Å². The number of hydrogen-bond donors (Lipinski definition) is 0. The zero-order valence-corrected chi connectivity index (χ0v) is 14.4. The number of carbonyl (C=O) groups excluding carboxylic acids is 2. The van der Waals surface area contributed by atoms with Crippen LogP contribution >= 0.6 is 0 Å². The molecule has 2 atom stereocenters. The van der Waals surface area contributed by atoms with Crippen LogP contribution in [0.4, 0.5) is 0 Å². The summed E-state index contributed by atoms with van der Waals surface area (Å²) in [6, 6.07) is 0. The maximum atomic E-state index is 11.2. The van der Waals surface area contributed by atoms with Gasteiger partial charge in [-0.05, 0) is 63.5 Å². The highest BCUT2D eigenvalue weighted by Crippen LogP contribution is 2.26. The molecule has 0 saturated carbocycles. The van der Waals surface area contributed by atoms with Gasteiger partial charge in [-0.3, -0.25) is 9.59 Å². The van der Waals surface area contributed by atoms with Gasteiger partial charge in [0.25, 0.3) is 0 Å². The van der Waals surface area contributed by atoms with Gasteiger partial charge in [-0.2, -0.15) is 0 Å². The van der Waals surface area contributed by atoms with Crippen molar-refractivity contribution in [1.82, 2.24) is 0 Å². The van der Waals surface area contributed by atoms with Crippen molar-refractivity contribution in [2.45, 2.75) is 60.8 Å². The van der Waals surface area contributed by atoms with Gasteiger partial charge in [-0.15, -0.1) is 0 Å². The zero-order chi connectivity index (χ0) is 16.9. The van der Waals surface area contributed by atoms with Crippen molar-refractivity contribution in [2.24, 2.45) is 11.8 Å². The summed E-state index contributed by atoms with van der Waals surface area (Å²) < 4.78 is 0. The number of carbonyl (C=O) groups is 2. The fourth-order valence-electron chi connectivity index (χ4n) is 2.55. The highest BCUT2D eigenvalue weighted by atomic mass is 16.1. The molecule has 0 aromatic rings. The van der Waals surface area contributed by atoms with E-state index in [4.69, 9.17) is 0 Å². The number of ketones is 2. The second-order valence-electron chi connectivity index (χ2n) is 6.59. The van der Waals surface area contributed by atoms with Crippen LogP contribution < -0.4 is 0 Å². The first-order valence-electron chi connectivity index (χ1n) is 7.93. The lowest BCUT2D eigenvalue weighted by Gasteiger charge is -2.18. The Morgan fingerprint density at radius 1 is 0.870 bits per heavy atom. The third kappa shape index (κ3) is 6.52. The molecule has 0 fully saturated rings. The molecule has 0 bridgehead atoms. The molecule has 2 nitrogen and oxygen atoms in total. The predicted octanol–water partition coefficient (Wildman–Crippen LogP) is 5.61. The van der Waals surface area contributed by atoms with Crippen LogP contribution in [0.1, 0.15) is 60.8 Å². The third-order valence-corrected chi connectivity index (χ3v) is 4.55. The quantitative estimate of drug-likeness (QED) is 0.620. The minimum absolute atomic E-state index is 0. The van der Waals surface area contributed by atoms with Crippen LogP contribution in [0.15, 0.2) is 47.6 Å². The van der Waals surface area contributed by atoms with E-state index in [2.05, 4.69) is 13.2 Å². The van der Waals surface area contributed by atoms with Crippen molar-refractivity contribution < 1.29 is 9.59 Å². The van der Waals surface area contributed by atoms with Gasteiger partial charge in [0.1, 0.15) is 0 Å². The van der Waals surface area contributed by atoms with Crippen LogP contribution in [0.3, 0.4) is 0 Å². The lowest BCUT2D eigenvalue weighted by atomic mass is 9.85. The smallest absolute Gasteiger partial charge is 0.158 e. The first kappa shape index (κ1) is 21.3. The Hall–Kier alpha value is -1.70. The van der Waals surface area contributed by atoms with Crippen LogP contribution in [0.5, 0.6) is 0 Å². The molecule has 0 radical (unpaired) electrons. The van der Waals surface area contributed by atoms with E-state index in [-0.39, 0.29) is 19.0 Å². The van der Waals surface area contributed by atoms with Gasteiger partial charge in [-0.25, -0.2) is 0 Å². The van der Waals surface area contributed by atoms with Gasteiger partial charge in [0.05, 0.1) is 0 Å². The van der Waals surface area contributed by atoms with Crippen LogP contribution in [-0.4, -0.2) is 11.6 Å². The fourth-order valence-corrected chi connectivity index (χ4v) is 2.55. The summed E-state index contributed by atoms with van der Waals surface area (Å²) in [7, 11) is 0. The highest BCUT2D eigenvalue weighted by Gasteiger charge is 2.19. The molecule has 0 aliphatic heterocycles. The van der Waals surface area contributed by atoms with E-state index in [1.807, 2.05) is 39.8 Å². The number of allylic oxidation sites excluding steroid dienone is 6. The van der Waals surface area contributed by atoms with E-state index in [9.17, 15) is 9.59 Å². The van der Waals surface area contributed by atoms with Gasteiger partial charge < -0.3 is 0 Å². The second-order valence-corrected chi connectivity index (χ2v) is 6.59. The molecule has 0 heterocycles. The Kier molecular flexibility index (Phi) is 8.74. The molecule has 128 valence electrons. The molecule has 0 N–H and O–H groups in total. The first-order chi connectivity index (χ1) is 10.2. The number of Topliss-reactive ketones (excluding diaryl/α,β-unsaturated/α-hetero) is 2. The van der Waals surface area contributed by atoms with E-state index < -0.39 is 0 Å². The van der Waals surface area contributed by atoms with Crippen LogP contribution in [0, 0.1) is 11.8 Å². The van der Waals surface area contributed by atoms with E-state index in [0.29, 0.717) is 24.7 Å². The van der Waals surface area contributed by atoms with Gasteiger partial charge in [0.2, 0.25) is 0 Å². The normalized spacial score (nSPS) is 23.7. The topological polar surface area (TPSA) is 34.1 Å². The monoisotopic (exact) mass is 316 g/mol. The average molecular weight is 316 g/mol. The van der Waals surface area contributed by atoms with E-state index >= 15 is 0 Å². The predicted molar refractivity (Wildman–Crippen MR) is 99.3 cm³/mol. The van der Waals surface area contributed by atoms with Gasteiger partial charge >= 0.3 is 0 Å². The summed E-state index contributed by atoms with van der Waals surface area (Å²) in [6.45, 7) is 15.5. The molecule has 0 saturated heterocycles. The molecule has 0 spiro atoms. The molecule has 2 aliphatic rings. The SMILES string of the molecule is C.C=C(C)[C@@H]1CC=C(C)C(=O)C1.C=C(C)[C@H]1CC=C(C)C(=O)C1. The summed E-state index contributed by atoms with van der Waals surface area (Å²) in [5.74, 6) is 1.35. The van der Waals surface area contributed by atoms with E-state index in [0.717, 1.165) is 35.1 Å². The molecular formula is C21H32O2. The lowest BCUT2D eigenvalue weighted by Crippen LogP contribution is -2.14. The van der Waals surface area contributed by atoms with E-state index in [1.54, 1.807) is 0 Å². The standard InChI is InChI=1S/2C10H14O.CH4/c2*1-7(2)9-5-4-8(3)10(11)6-9;/h2*4,9H,1,5-6H2,2-3H3;1H4/t2*9-;/m10./s1. The van der Waals surface area contributed by atoms with Gasteiger partial charge in [0, 0.05) is 12.8 Å². The van der Waals surface area contributed by atoms with Crippen LogP contribution in [0.2, 0.25) is 0 Å². The number of hydrogen-bond acceptors (Lipinski definition) is 2. The Bertz CT molecular complexity index is 496. The summed E-state index contributed by atoms with van der Waals surface area (Å²) in [4.78, 5) is 22.4. The first-order valence-corrected chi connectivity index (χ1v) is 7.93. The van der Waals surface area contributed by atoms with Gasteiger partial charge in [0.15, 0.2) is 11.6 Å². The van der Waals surface area contributed by atoms with Crippen LogP contribution in [0.25, 0.3) is 0 Å². The summed E-state index contributed by atoms with van der Waals surface area (Å²) in [5, 5.41) is 0. The fraction of sp³-hybridized carbons (Fsp3) is 0.524. The lowest BCUT2D eigenvalue weighted by molar-refractivity contribution is -0.117. The van der Waals surface area contributed by atoms with Gasteiger partial charge in [-0.1, -0.05) is 43.9 Å². The zero-order valence-electron chi connectivity index (χ0n) is 14.4. The summed E-state index contributed by atoms with van der Waals surface area (Å²) in [5.41, 5.74) is 4.09. The largest absolute Gasteiger partial charge is 0.295 e. The van der Waals surface area contributed by atoms with Crippen LogP contribution in [-0.2, 0) is 9.59 Å².